The number of carbonyl (C=O) groups excluding carboxylic acids is 1. The Kier molecular flexibility index (Phi) is 5.42. The molecule has 0 bridgehead atoms. The minimum absolute atomic E-state index is 0.168. The van der Waals surface area contributed by atoms with E-state index in [1.807, 2.05) is 6.07 Å². The van der Waals surface area contributed by atoms with Gasteiger partial charge in [-0.3, -0.25) is 9.78 Å². The predicted molar refractivity (Wildman–Crippen MR) is 109 cm³/mol. The van der Waals surface area contributed by atoms with Crippen LogP contribution in [0.4, 0.5) is 10.1 Å². The lowest BCUT2D eigenvalue weighted by Gasteiger charge is -2.34. The highest BCUT2D eigenvalue weighted by Gasteiger charge is 2.39. The fraction of sp³-hybridized carbons (Fsp3) is 0.273. The highest BCUT2D eigenvalue weighted by atomic mass is 19.1. The van der Waals surface area contributed by atoms with E-state index in [0.29, 0.717) is 30.0 Å². The van der Waals surface area contributed by atoms with Gasteiger partial charge in [-0.1, -0.05) is 0 Å². The van der Waals surface area contributed by atoms with Crippen molar-refractivity contribution in [2.45, 2.75) is 18.4 Å². The van der Waals surface area contributed by atoms with Gasteiger partial charge >= 0.3 is 0 Å². The maximum absolute atomic E-state index is 13.1. The number of fused-ring (bicyclic) bond motifs is 1. The Morgan fingerprint density at radius 3 is 2.59 bits per heavy atom. The fourth-order valence-corrected chi connectivity index (χ4v) is 3.58. The molecule has 2 aromatic carbocycles. The molecule has 150 valence electrons. The summed E-state index contributed by atoms with van der Waals surface area (Å²) < 4.78 is 24.7. The van der Waals surface area contributed by atoms with Crippen molar-refractivity contribution in [3.05, 3.63) is 60.7 Å². The normalized spacial score (nSPS) is 15.8. The number of nitrogens with one attached hydrogen (secondary N) is 2. The fourth-order valence-electron chi connectivity index (χ4n) is 3.58. The molecule has 0 saturated carbocycles. The molecule has 4 rings (SSSR count). The van der Waals surface area contributed by atoms with E-state index in [2.05, 4.69) is 15.6 Å². The van der Waals surface area contributed by atoms with E-state index in [1.54, 1.807) is 43.8 Å². The van der Waals surface area contributed by atoms with Gasteiger partial charge in [0.05, 0.1) is 5.69 Å². The maximum Gasteiger partial charge on any atom is 0.256 e. The quantitative estimate of drug-likeness (QED) is 0.686. The van der Waals surface area contributed by atoms with Crippen molar-refractivity contribution in [1.29, 1.82) is 0 Å². The third kappa shape index (κ3) is 3.92. The third-order valence-corrected chi connectivity index (χ3v) is 5.28. The van der Waals surface area contributed by atoms with E-state index in [1.165, 1.54) is 12.1 Å². The molecule has 29 heavy (non-hydrogen) atoms. The van der Waals surface area contributed by atoms with Crippen molar-refractivity contribution in [2.75, 3.05) is 25.5 Å². The number of carbonyl (C=O) groups is 1. The Balaban J connectivity index is 1.64. The number of hydrogen-bond acceptors (Lipinski definition) is 5. The zero-order valence-electron chi connectivity index (χ0n) is 16.1. The topological polar surface area (TPSA) is 72.5 Å². The monoisotopic (exact) mass is 395 g/mol. The van der Waals surface area contributed by atoms with Crippen molar-refractivity contribution < 1.29 is 18.7 Å². The Morgan fingerprint density at radius 2 is 1.86 bits per heavy atom. The summed E-state index contributed by atoms with van der Waals surface area (Å²) in [6.07, 6.45) is 4.56. The van der Waals surface area contributed by atoms with Crippen molar-refractivity contribution in [3.8, 4) is 11.5 Å². The van der Waals surface area contributed by atoms with Crippen LogP contribution in [-0.4, -0.2) is 36.7 Å². The summed E-state index contributed by atoms with van der Waals surface area (Å²) in [6, 6.07) is 11.2. The summed E-state index contributed by atoms with van der Waals surface area (Å²) in [7, 11) is 1.57. The maximum atomic E-state index is 13.1. The number of piperidine rings is 1. The molecule has 3 aromatic rings. The number of ether oxygens (including phenoxy) is 2. The molecule has 0 unspecified atom stereocenters. The van der Waals surface area contributed by atoms with Gasteiger partial charge in [0.15, 0.2) is 0 Å². The van der Waals surface area contributed by atoms with Crippen LogP contribution in [-0.2, 0) is 9.53 Å². The van der Waals surface area contributed by atoms with Gasteiger partial charge in [-0.2, -0.15) is 0 Å². The highest BCUT2D eigenvalue weighted by Crippen LogP contribution is 2.35. The first-order valence-corrected chi connectivity index (χ1v) is 9.49. The van der Waals surface area contributed by atoms with Crippen LogP contribution in [0.25, 0.3) is 10.8 Å². The number of anilines is 1. The first-order valence-electron chi connectivity index (χ1n) is 9.49. The number of pyridine rings is 1. The first kappa shape index (κ1) is 19.3. The molecule has 0 atom stereocenters. The van der Waals surface area contributed by atoms with Crippen molar-refractivity contribution in [2.24, 2.45) is 0 Å². The molecule has 0 aliphatic carbocycles. The van der Waals surface area contributed by atoms with Gasteiger partial charge in [-0.15, -0.1) is 0 Å². The van der Waals surface area contributed by atoms with E-state index in [0.717, 1.165) is 23.9 Å². The van der Waals surface area contributed by atoms with E-state index in [-0.39, 0.29) is 11.7 Å². The Bertz CT molecular complexity index is 1020. The second-order valence-electron chi connectivity index (χ2n) is 6.99. The summed E-state index contributed by atoms with van der Waals surface area (Å²) >= 11 is 0. The standard InChI is InChI=1S/C22H22FN3O3/c1-28-22(9-12-24-13-10-22)21(27)26-19-6-7-20(17-8-11-25-14-18(17)19)29-16-4-2-15(23)3-5-16/h2-8,11,14,24H,9-10,12-13H2,1H3,(H,26,27). The zero-order valence-corrected chi connectivity index (χ0v) is 16.1. The molecule has 6 nitrogen and oxygen atoms in total. The van der Waals surface area contributed by atoms with Crippen molar-refractivity contribution in [1.82, 2.24) is 10.3 Å². The van der Waals surface area contributed by atoms with Crippen LogP contribution in [0.3, 0.4) is 0 Å². The summed E-state index contributed by atoms with van der Waals surface area (Å²) in [5.74, 6) is 0.623. The molecule has 1 aromatic heterocycles. The molecule has 0 spiro atoms. The van der Waals surface area contributed by atoms with Gasteiger partial charge in [0.25, 0.3) is 5.91 Å². The second-order valence-corrected chi connectivity index (χ2v) is 6.99. The lowest BCUT2D eigenvalue weighted by Crippen LogP contribution is -2.51. The summed E-state index contributed by atoms with van der Waals surface area (Å²) in [6.45, 7) is 1.46. The lowest BCUT2D eigenvalue weighted by molar-refractivity contribution is -0.140. The van der Waals surface area contributed by atoms with E-state index < -0.39 is 5.60 Å². The van der Waals surface area contributed by atoms with Crippen molar-refractivity contribution in [3.63, 3.8) is 0 Å². The van der Waals surface area contributed by atoms with E-state index in [9.17, 15) is 9.18 Å². The van der Waals surface area contributed by atoms with Crippen LogP contribution in [0.15, 0.2) is 54.9 Å². The molecule has 0 radical (unpaired) electrons. The van der Waals surface area contributed by atoms with Gasteiger partial charge in [-0.05, 0) is 68.4 Å². The number of benzene rings is 2. The van der Waals surface area contributed by atoms with E-state index >= 15 is 0 Å². The molecule has 1 aliphatic heterocycles. The van der Waals surface area contributed by atoms with Gasteiger partial charge in [0, 0.05) is 30.3 Å². The summed E-state index contributed by atoms with van der Waals surface area (Å²) in [5, 5.41) is 7.80. The first-order chi connectivity index (χ1) is 14.1. The Hall–Kier alpha value is -3.03. The molecule has 2 N–H and O–H groups in total. The van der Waals surface area contributed by atoms with Crippen LogP contribution in [0, 0.1) is 5.82 Å². The van der Waals surface area contributed by atoms with Crippen LogP contribution in [0.2, 0.25) is 0 Å². The highest BCUT2D eigenvalue weighted by molar-refractivity contribution is 6.06. The number of hydrogen-bond donors (Lipinski definition) is 2. The largest absolute Gasteiger partial charge is 0.457 e. The van der Waals surface area contributed by atoms with Gasteiger partial charge < -0.3 is 20.1 Å². The summed E-state index contributed by atoms with van der Waals surface area (Å²) in [5.41, 5.74) is -0.206. The number of nitrogens with zero attached hydrogens (tertiary/aromatic N) is 1. The minimum Gasteiger partial charge on any atom is -0.457 e. The molecule has 2 heterocycles. The molecule has 1 saturated heterocycles. The number of aromatic nitrogens is 1. The van der Waals surface area contributed by atoms with Crippen LogP contribution in [0.5, 0.6) is 11.5 Å². The van der Waals surface area contributed by atoms with Gasteiger partial charge in [0.1, 0.15) is 22.9 Å². The predicted octanol–water partition coefficient (Wildman–Crippen LogP) is 3.87. The Morgan fingerprint density at radius 1 is 1.10 bits per heavy atom. The average Bonchev–Trinajstić information content (AvgIpc) is 2.77. The smallest absolute Gasteiger partial charge is 0.256 e. The number of amides is 1. The van der Waals surface area contributed by atoms with Crippen molar-refractivity contribution >= 4 is 22.4 Å². The molecule has 1 amide bonds. The molecular formula is C22H22FN3O3. The molecule has 7 heteroatoms. The number of methoxy groups -OCH3 is 1. The van der Waals surface area contributed by atoms with Crippen LogP contribution in [0.1, 0.15) is 12.8 Å². The zero-order chi connectivity index (χ0) is 20.3. The number of halogens is 1. The molecular weight excluding hydrogens is 373 g/mol. The Labute approximate surface area is 168 Å². The lowest BCUT2D eigenvalue weighted by atomic mass is 9.91. The van der Waals surface area contributed by atoms with Crippen LogP contribution < -0.4 is 15.4 Å². The molecule has 1 fully saturated rings. The number of rotatable bonds is 5. The third-order valence-electron chi connectivity index (χ3n) is 5.28. The SMILES string of the molecule is COC1(C(=O)Nc2ccc(Oc3ccc(F)cc3)c3ccncc23)CCNCC1. The average molecular weight is 395 g/mol. The van der Waals surface area contributed by atoms with E-state index in [4.69, 9.17) is 9.47 Å². The summed E-state index contributed by atoms with van der Waals surface area (Å²) in [4.78, 5) is 17.2. The van der Waals surface area contributed by atoms with Gasteiger partial charge in [-0.25, -0.2) is 4.39 Å². The second kappa shape index (κ2) is 8.14. The minimum atomic E-state index is -0.844. The molecule has 1 aliphatic rings. The van der Waals surface area contributed by atoms with Gasteiger partial charge in [0.2, 0.25) is 0 Å². The van der Waals surface area contributed by atoms with Crippen LogP contribution >= 0.6 is 0 Å².